The van der Waals surface area contributed by atoms with E-state index in [1.165, 1.54) is 19.3 Å². The van der Waals surface area contributed by atoms with Crippen LogP contribution in [0.3, 0.4) is 0 Å². The monoisotopic (exact) mass is 508 g/mol. The van der Waals surface area contributed by atoms with Crippen LogP contribution in [0.4, 0.5) is 11.8 Å². The van der Waals surface area contributed by atoms with Crippen molar-refractivity contribution in [3.05, 3.63) is 10.6 Å². The summed E-state index contributed by atoms with van der Waals surface area (Å²) in [5, 5.41) is 7.48. The Morgan fingerprint density at radius 2 is 2.03 bits per heavy atom. The number of anilines is 2. The highest BCUT2D eigenvalue weighted by atomic mass is 16.5. The number of terminal acetylenes is 1. The Hall–Kier alpha value is -3.39. The second-order valence-corrected chi connectivity index (χ2v) is 10.5. The number of ether oxygens (including phenoxy) is 1. The lowest BCUT2D eigenvalue weighted by Crippen LogP contribution is -2.31. The Labute approximate surface area is 216 Å². The smallest absolute Gasteiger partial charge is 0.383 e. The van der Waals surface area contributed by atoms with E-state index in [4.69, 9.17) is 30.6 Å². The molecular formula is C26H36N8O3. The van der Waals surface area contributed by atoms with Crippen LogP contribution in [-0.2, 0) is 11.3 Å². The SMILES string of the molecule is C#CC1CCC(Cn2c(N(C)CCOC)nc3nc(-c4noc(=O)[nH]4)nc(N[C@H](C)C4CCC4)c32)CC1. The van der Waals surface area contributed by atoms with Gasteiger partial charge in [-0.15, -0.1) is 12.3 Å². The summed E-state index contributed by atoms with van der Waals surface area (Å²) in [6.45, 7) is 4.26. The zero-order chi connectivity index (χ0) is 25.9. The Kier molecular flexibility index (Phi) is 7.46. The van der Waals surface area contributed by atoms with Crippen LogP contribution in [0.25, 0.3) is 22.8 Å². The van der Waals surface area contributed by atoms with Gasteiger partial charge in [0, 0.05) is 39.2 Å². The molecule has 3 heterocycles. The van der Waals surface area contributed by atoms with Gasteiger partial charge < -0.3 is 19.5 Å². The maximum atomic E-state index is 11.6. The maximum Gasteiger partial charge on any atom is 0.439 e. The molecule has 2 aliphatic rings. The van der Waals surface area contributed by atoms with Crippen molar-refractivity contribution >= 4 is 22.9 Å². The molecule has 2 saturated carbocycles. The predicted octanol–water partition coefficient (Wildman–Crippen LogP) is 3.29. The third-order valence-electron chi connectivity index (χ3n) is 7.95. The van der Waals surface area contributed by atoms with E-state index in [2.05, 4.69) is 37.8 Å². The van der Waals surface area contributed by atoms with E-state index in [1.54, 1.807) is 7.11 Å². The second kappa shape index (κ2) is 10.9. The number of aromatic amines is 1. The zero-order valence-electron chi connectivity index (χ0n) is 21.9. The van der Waals surface area contributed by atoms with E-state index in [1.807, 2.05) is 7.05 Å². The number of H-pyrrole nitrogens is 1. The molecule has 3 aromatic rings. The first-order valence-corrected chi connectivity index (χ1v) is 13.2. The van der Waals surface area contributed by atoms with Gasteiger partial charge in [0.25, 0.3) is 0 Å². The number of nitrogens with one attached hydrogen (secondary N) is 2. The Morgan fingerprint density at radius 1 is 1.24 bits per heavy atom. The molecular weight excluding hydrogens is 472 g/mol. The van der Waals surface area contributed by atoms with Gasteiger partial charge >= 0.3 is 5.76 Å². The van der Waals surface area contributed by atoms with Crippen LogP contribution in [0, 0.1) is 30.1 Å². The van der Waals surface area contributed by atoms with E-state index in [9.17, 15) is 4.79 Å². The van der Waals surface area contributed by atoms with Crippen LogP contribution >= 0.6 is 0 Å². The normalized spacial score (nSPS) is 20.9. The minimum absolute atomic E-state index is 0.183. The highest BCUT2D eigenvalue weighted by Gasteiger charge is 2.29. The molecule has 0 aromatic carbocycles. The quantitative estimate of drug-likeness (QED) is 0.397. The minimum Gasteiger partial charge on any atom is -0.383 e. The van der Waals surface area contributed by atoms with Gasteiger partial charge in [0.2, 0.25) is 17.6 Å². The van der Waals surface area contributed by atoms with Crippen molar-refractivity contribution in [1.82, 2.24) is 29.7 Å². The molecule has 11 nitrogen and oxygen atoms in total. The number of methoxy groups -OCH3 is 1. The summed E-state index contributed by atoms with van der Waals surface area (Å²) >= 11 is 0. The number of aromatic nitrogens is 6. The molecule has 2 aliphatic carbocycles. The molecule has 37 heavy (non-hydrogen) atoms. The predicted molar refractivity (Wildman–Crippen MR) is 141 cm³/mol. The minimum atomic E-state index is -0.649. The average molecular weight is 509 g/mol. The molecule has 2 N–H and O–H groups in total. The molecule has 1 atom stereocenters. The number of nitrogens with zero attached hydrogens (tertiary/aromatic N) is 6. The van der Waals surface area contributed by atoms with Gasteiger partial charge in [-0.3, -0.25) is 9.51 Å². The van der Waals surface area contributed by atoms with Gasteiger partial charge in [-0.05, 0) is 57.3 Å². The van der Waals surface area contributed by atoms with Gasteiger partial charge in [0.05, 0.1) is 6.61 Å². The summed E-state index contributed by atoms with van der Waals surface area (Å²) in [7, 11) is 3.71. The van der Waals surface area contributed by atoms with Crippen LogP contribution in [0.2, 0.25) is 0 Å². The summed E-state index contributed by atoms with van der Waals surface area (Å²) in [6.07, 6.45) is 13.6. The molecule has 0 saturated heterocycles. The first-order valence-electron chi connectivity index (χ1n) is 13.2. The first-order chi connectivity index (χ1) is 18.0. The van der Waals surface area contributed by atoms with E-state index in [0.29, 0.717) is 42.4 Å². The lowest BCUT2D eigenvalue weighted by atomic mass is 9.80. The summed E-state index contributed by atoms with van der Waals surface area (Å²) in [6, 6.07) is 0.236. The van der Waals surface area contributed by atoms with Gasteiger partial charge in [-0.25, -0.2) is 14.8 Å². The van der Waals surface area contributed by atoms with Crippen molar-refractivity contribution in [2.24, 2.45) is 17.8 Å². The standard InChI is InChI=1S/C26H36N8O3/c1-5-17-9-11-18(12-10-17)15-34-20-21(27-16(2)19-7-6-8-19)28-23(24-31-26(35)37-32-24)29-22(20)30-25(34)33(3)13-14-36-4/h1,16-19H,6-15H2,2-4H3,(H,27,28,29)(H,31,32,35)/t16-,17?,18?/m1/s1. The lowest BCUT2D eigenvalue weighted by molar-refractivity contribution is 0.205. The van der Waals surface area contributed by atoms with Crippen molar-refractivity contribution in [2.75, 3.05) is 37.5 Å². The fourth-order valence-corrected chi connectivity index (χ4v) is 5.39. The van der Waals surface area contributed by atoms with Crippen LogP contribution in [0.15, 0.2) is 9.32 Å². The fourth-order valence-electron chi connectivity index (χ4n) is 5.39. The number of likely N-dealkylation sites (N-methyl/N-ethyl adjacent to an activating group) is 1. The average Bonchev–Trinajstić information content (AvgIpc) is 3.45. The second-order valence-electron chi connectivity index (χ2n) is 10.5. The third-order valence-corrected chi connectivity index (χ3v) is 7.95. The first kappa shape index (κ1) is 25.3. The number of rotatable bonds is 10. The highest BCUT2D eigenvalue weighted by Crippen LogP contribution is 2.36. The largest absolute Gasteiger partial charge is 0.439 e. The van der Waals surface area contributed by atoms with Crippen molar-refractivity contribution in [3.8, 4) is 24.0 Å². The van der Waals surface area contributed by atoms with E-state index in [0.717, 1.165) is 43.7 Å². The van der Waals surface area contributed by atoms with Crippen LogP contribution in [-0.4, -0.2) is 63.0 Å². The molecule has 3 aromatic heterocycles. The molecule has 0 amide bonds. The Bertz CT molecular complexity index is 1310. The van der Waals surface area contributed by atoms with Crippen LogP contribution in [0.5, 0.6) is 0 Å². The van der Waals surface area contributed by atoms with Crippen molar-refractivity contribution in [3.63, 3.8) is 0 Å². The highest BCUT2D eigenvalue weighted by molar-refractivity contribution is 5.87. The van der Waals surface area contributed by atoms with E-state index in [-0.39, 0.29) is 17.7 Å². The topological polar surface area (TPSA) is 127 Å². The van der Waals surface area contributed by atoms with Crippen LogP contribution in [0.1, 0.15) is 51.9 Å². The maximum absolute atomic E-state index is 11.6. The molecule has 0 aliphatic heterocycles. The molecule has 0 unspecified atom stereocenters. The summed E-state index contributed by atoms with van der Waals surface area (Å²) in [5.74, 6) is 5.69. The third kappa shape index (κ3) is 5.34. The molecule has 0 spiro atoms. The molecule has 11 heteroatoms. The summed E-state index contributed by atoms with van der Waals surface area (Å²) in [5.41, 5.74) is 1.41. The Balaban J connectivity index is 1.59. The van der Waals surface area contributed by atoms with Crippen LogP contribution < -0.4 is 16.0 Å². The van der Waals surface area contributed by atoms with Gasteiger partial charge in [0.1, 0.15) is 5.52 Å². The molecule has 2 fully saturated rings. The van der Waals surface area contributed by atoms with Crippen molar-refractivity contribution in [2.45, 2.75) is 64.5 Å². The zero-order valence-corrected chi connectivity index (χ0v) is 21.9. The van der Waals surface area contributed by atoms with Crippen molar-refractivity contribution < 1.29 is 9.26 Å². The van der Waals surface area contributed by atoms with E-state index >= 15 is 0 Å². The van der Waals surface area contributed by atoms with Gasteiger partial charge in [-0.1, -0.05) is 11.6 Å². The Morgan fingerprint density at radius 3 is 2.65 bits per heavy atom. The van der Waals surface area contributed by atoms with Gasteiger partial charge in [0.15, 0.2) is 11.5 Å². The number of fused-ring (bicyclic) bond motifs is 1. The van der Waals surface area contributed by atoms with Crippen molar-refractivity contribution in [1.29, 1.82) is 0 Å². The number of imidazole rings is 1. The lowest BCUT2D eigenvalue weighted by Gasteiger charge is -2.32. The molecule has 0 bridgehead atoms. The molecule has 0 radical (unpaired) electrons. The number of hydrogen-bond donors (Lipinski definition) is 2. The molecule has 5 rings (SSSR count). The molecule has 198 valence electrons. The van der Waals surface area contributed by atoms with Gasteiger partial charge in [-0.2, -0.15) is 4.98 Å². The number of hydrogen-bond acceptors (Lipinski definition) is 9. The summed E-state index contributed by atoms with van der Waals surface area (Å²) < 4.78 is 12.3. The van der Waals surface area contributed by atoms with E-state index < -0.39 is 5.76 Å². The fraction of sp³-hybridized carbons (Fsp3) is 0.654. The summed E-state index contributed by atoms with van der Waals surface area (Å²) in [4.78, 5) is 30.8.